The van der Waals surface area contributed by atoms with Crippen LogP contribution >= 0.6 is 11.6 Å². The molecule has 3 aromatic rings. The molecule has 3 atom stereocenters. The first kappa shape index (κ1) is 24.1. The largest absolute Gasteiger partial charge is 0.414 e. The zero-order valence-electron chi connectivity index (χ0n) is 19.8. The van der Waals surface area contributed by atoms with Crippen molar-refractivity contribution in [1.29, 1.82) is 0 Å². The van der Waals surface area contributed by atoms with Crippen LogP contribution in [0.5, 0.6) is 0 Å². The van der Waals surface area contributed by atoms with Gasteiger partial charge in [0.2, 0.25) is 5.28 Å². The first-order valence-corrected chi connectivity index (χ1v) is 14.4. The van der Waals surface area contributed by atoms with Crippen molar-refractivity contribution in [2.75, 3.05) is 12.3 Å². The lowest BCUT2D eigenvalue weighted by Crippen LogP contribution is -2.44. The third-order valence-electron chi connectivity index (χ3n) is 6.63. The molecule has 1 aliphatic rings. The van der Waals surface area contributed by atoms with Crippen molar-refractivity contribution < 1.29 is 13.9 Å². The summed E-state index contributed by atoms with van der Waals surface area (Å²) in [4.78, 5) is 12.7. The molecule has 1 aliphatic heterocycles. The molecule has 0 bridgehead atoms. The first-order valence-electron chi connectivity index (χ1n) is 11.2. The molecule has 1 aromatic carbocycles. The van der Waals surface area contributed by atoms with Gasteiger partial charge in [-0.1, -0.05) is 51.1 Å². The number of anilines is 1. The highest BCUT2D eigenvalue weighted by atomic mass is 35.5. The van der Waals surface area contributed by atoms with Crippen molar-refractivity contribution in [3.63, 3.8) is 0 Å². The van der Waals surface area contributed by atoms with E-state index in [0.29, 0.717) is 30.8 Å². The number of ether oxygens (including phenoxy) is 2. The second-order valence-electron chi connectivity index (χ2n) is 9.97. The van der Waals surface area contributed by atoms with Crippen LogP contribution in [-0.4, -0.2) is 46.7 Å². The third kappa shape index (κ3) is 5.22. The van der Waals surface area contributed by atoms with Crippen LogP contribution in [0, 0.1) is 0 Å². The smallest absolute Gasteiger partial charge is 0.226 e. The van der Waals surface area contributed by atoms with Gasteiger partial charge in [-0.3, -0.25) is 4.57 Å². The Hall–Kier alpha value is -2.04. The van der Waals surface area contributed by atoms with Gasteiger partial charge in [0.05, 0.1) is 25.6 Å². The molecule has 0 saturated carbocycles. The number of aromatic nitrogens is 4. The number of imidazole rings is 1. The molecule has 0 radical (unpaired) electrons. The summed E-state index contributed by atoms with van der Waals surface area (Å²) in [6.45, 7) is 12.1. The molecule has 1 saturated heterocycles. The molecule has 33 heavy (non-hydrogen) atoms. The number of fused-ring (bicyclic) bond motifs is 1. The van der Waals surface area contributed by atoms with Gasteiger partial charge in [-0.25, -0.2) is 4.98 Å². The number of nitrogens with two attached hydrogens (primary N) is 1. The van der Waals surface area contributed by atoms with Gasteiger partial charge >= 0.3 is 0 Å². The summed E-state index contributed by atoms with van der Waals surface area (Å²) in [5, 5.41) is 0.186. The molecular formula is C23H32ClN5O3Si. The predicted molar refractivity (Wildman–Crippen MR) is 131 cm³/mol. The van der Waals surface area contributed by atoms with E-state index in [1.165, 1.54) is 0 Å². The summed E-state index contributed by atoms with van der Waals surface area (Å²) < 4.78 is 21.1. The number of rotatable bonds is 7. The second kappa shape index (κ2) is 9.30. The Morgan fingerprint density at radius 1 is 1.21 bits per heavy atom. The maximum atomic E-state index is 6.49. The number of hydrogen-bond acceptors (Lipinski definition) is 7. The summed E-state index contributed by atoms with van der Waals surface area (Å²) in [5.74, 6) is 0.247. The molecule has 8 nitrogen and oxygen atoms in total. The molecule has 10 heteroatoms. The Morgan fingerprint density at radius 2 is 1.94 bits per heavy atom. The van der Waals surface area contributed by atoms with Crippen LogP contribution in [0.2, 0.25) is 23.4 Å². The number of nitrogen functional groups attached to an aromatic ring is 1. The van der Waals surface area contributed by atoms with Gasteiger partial charge in [0.1, 0.15) is 17.8 Å². The molecule has 3 heterocycles. The molecule has 0 unspecified atom stereocenters. The minimum atomic E-state index is -1.95. The lowest BCUT2D eigenvalue weighted by atomic mass is 10.1. The third-order valence-corrected chi connectivity index (χ3v) is 11.3. The fourth-order valence-electron chi connectivity index (χ4n) is 3.60. The quantitative estimate of drug-likeness (QED) is 0.284. The van der Waals surface area contributed by atoms with Gasteiger partial charge in [-0.2, -0.15) is 9.97 Å². The van der Waals surface area contributed by atoms with Gasteiger partial charge in [0, 0.05) is 6.42 Å². The topological polar surface area (TPSA) is 97.3 Å². The summed E-state index contributed by atoms with van der Waals surface area (Å²) in [7, 11) is -1.95. The molecule has 1 fully saturated rings. The molecule has 0 aliphatic carbocycles. The van der Waals surface area contributed by atoms with E-state index in [-0.39, 0.29) is 34.6 Å². The lowest BCUT2D eigenvalue weighted by Gasteiger charge is -2.37. The summed E-state index contributed by atoms with van der Waals surface area (Å²) >= 11 is 6.05. The molecule has 4 rings (SSSR count). The van der Waals surface area contributed by atoms with Crippen LogP contribution in [-0.2, 0) is 20.5 Å². The molecule has 0 amide bonds. The number of hydrogen-bond donors (Lipinski definition) is 1. The predicted octanol–water partition coefficient (Wildman–Crippen LogP) is 4.96. The van der Waals surface area contributed by atoms with E-state index >= 15 is 0 Å². The van der Waals surface area contributed by atoms with E-state index in [1.807, 2.05) is 22.8 Å². The monoisotopic (exact) mass is 490 g/mol. The van der Waals surface area contributed by atoms with Crippen molar-refractivity contribution in [2.45, 2.75) is 70.4 Å². The molecular weight excluding hydrogens is 459 g/mol. The van der Waals surface area contributed by atoms with E-state index in [1.54, 1.807) is 6.33 Å². The minimum absolute atomic E-state index is 0.0782. The van der Waals surface area contributed by atoms with E-state index in [0.717, 1.165) is 5.56 Å². The van der Waals surface area contributed by atoms with Gasteiger partial charge in [-0.15, -0.1) is 0 Å². The maximum absolute atomic E-state index is 6.49. The molecule has 178 valence electrons. The zero-order chi connectivity index (χ0) is 23.8. The van der Waals surface area contributed by atoms with Crippen LogP contribution in [0.3, 0.4) is 0 Å². The number of benzene rings is 1. The normalized spacial score (nSPS) is 21.7. The Bertz CT molecular complexity index is 1100. The minimum Gasteiger partial charge on any atom is -0.414 e. The van der Waals surface area contributed by atoms with Gasteiger partial charge in [-0.05, 0) is 35.3 Å². The van der Waals surface area contributed by atoms with E-state index in [4.69, 9.17) is 31.2 Å². The van der Waals surface area contributed by atoms with E-state index in [2.05, 4.69) is 60.9 Å². The Labute approximate surface area is 200 Å². The standard InChI is InChI=1S/C23H32ClN5O3Si/c1-23(2,3)33(4,5)31-13-17-16(30-12-15-9-7-6-8-10-15)11-18(32-17)29-14-26-19-20(25)27-22(24)28-21(19)29/h6-10,14,16-18H,11-13H2,1-5H3,(H2,25,27,28)/t16-,17+,18+/m0/s1/i25+1. The SMILES string of the molecule is CC(C)(C)[Si](C)(C)OC[C@H]1O[C@@H](n2cnc3c([15NH2])nc(Cl)nc32)C[C@@H]1OCc1ccccc1. The number of halogens is 1. The average Bonchev–Trinajstić information content (AvgIpc) is 3.34. The van der Waals surface area contributed by atoms with Crippen molar-refractivity contribution in [1.82, 2.24) is 19.5 Å². The molecule has 2 aromatic heterocycles. The van der Waals surface area contributed by atoms with Crippen LogP contribution in [0.4, 0.5) is 5.82 Å². The number of nitrogens with zero attached hydrogens (tertiary/aromatic N) is 4. The highest BCUT2D eigenvalue weighted by Gasteiger charge is 2.42. The highest BCUT2D eigenvalue weighted by molar-refractivity contribution is 6.74. The summed E-state index contributed by atoms with van der Waals surface area (Å²) in [5.41, 5.74) is 8.15. The van der Waals surface area contributed by atoms with E-state index < -0.39 is 8.32 Å². The Balaban J connectivity index is 1.55. The van der Waals surface area contributed by atoms with Crippen LogP contribution < -0.4 is 5.73 Å². The first-order chi connectivity index (χ1) is 15.5. The Kier molecular flexibility index (Phi) is 6.79. The van der Waals surface area contributed by atoms with Crippen molar-refractivity contribution in [3.05, 3.63) is 47.5 Å². The van der Waals surface area contributed by atoms with Gasteiger partial charge in [0.15, 0.2) is 19.8 Å². The molecule has 2 N–H and O–H groups in total. The maximum Gasteiger partial charge on any atom is 0.226 e. The zero-order valence-corrected chi connectivity index (χ0v) is 21.5. The fraction of sp³-hybridized carbons (Fsp3) is 0.522. The highest BCUT2D eigenvalue weighted by Crippen LogP contribution is 2.39. The second-order valence-corrected chi connectivity index (χ2v) is 15.1. The van der Waals surface area contributed by atoms with Crippen molar-refractivity contribution in [2.24, 2.45) is 0 Å². The summed E-state index contributed by atoms with van der Waals surface area (Å²) in [6, 6.07) is 10.1. The lowest BCUT2D eigenvalue weighted by molar-refractivity contribution is -0.0617. The van der Waals surface area contributed by atoms with Crippen molar-refractivity contribution >= 4 is 36.9 Å². The van der Waals surface area contributed by atoms with Gasteiger partial charge < -0.3 is 19.6 Å². The van der Waals surface area contributed by atoms with Gasteiger partial charge in [0.25, 0.3) is 0 Å². The molecule has 0 spiro atoms. The van der Waals surface area contributed by atoms with Crippen molar-refractivity contribution in [3.8, 4) is 0 Å². The average molecular weight is 491 g/mol. The van der Waals surface area contributed by atoms with E-state index in [9.17, 15) is 0 Å². The Morgan fingerprint density at radius 3 is 2.64 bits per heavy atom. The van der Waals surface area contributed by atoms with Crippen LogP contribution in [0.15, 0.2) is 36.7 Å². The van der Waals surface area contributed by atoms with Crippen LogP contribution in [0.25, 0.3) is 11.2 Å². The van der Waals surface area contributed by atoms with Crippen LogP contribution in [0.1, 0.15) is 39.0 Å². The fourth-order valence-corrected chi connectivity index (χ4v) is 4.79. The summed E-state index contributed by atoms with van der Waals surface area (Å²) in [6.07, 6.45) is 1.61.